The van der Waals surface area contributed by atoms with Crippen LogP contribution in [0.25, 0.3) is 0 Å². The second kappa shape index (κ2) is 4.27. The van der Waals surface area contributed by atoms with Crippen LogP contribution in [0.4, 0.5) is 4.39 Å². The van der Waals surface area contributed by atoms with E-state index in [1.807, 2.05) is 0 Å². The summed E-state index contributed by atoms with van der Waals surface area (Å²) in [5.41, 5.74) is -1.34. The molecule has 2 aromatic rings. The van der Waals surface area contributed by atoms with Crippen LogP contribution in [-0.4, -0.2) is 6.29 Å². The molecule has 80 valence electrons. The van der Waals surface area contributed by atoms with E-state index in [0.29, 0.717) is 17.4 Å². The van der Waals surface area contributed by atoms with E-state index in [0.717, 1.165) is 0 Å². The smallest absolute Gasteiger partial charge is 0.215 e. The van der Waals surface area contributed by atoms with Gasteiger partial charge in [-0.05, 0) is 0 Å². The lowest BCUT2D eigenvalue weighted by atomic mass is 9.89. The van der Waals surface area contributed by atoms with E-state index in [2.05, 4.69) is 0 Å². The second-order valence-electron chi connectivity index (χ2n) is 3.56. The number of alkyl halides is 1. The zero-order valence-corrected chi connectivity index (χ0v) is 8.64. The van der Waals surface area contributed by atoms with Crippen molar-refractivity contribution in [3.63, 3.8) is 0 Å². The van der Waals surface area contributed by atoms with Crippen molar-refractivity contribution in [2.24, 2.45) is 0 Å². The quantitative estimate of drug-likeness (QED) is 0.717. The van der Waals surface area contributed by atoms with Crippen molar-refractivity contribution in [1.82, 2.24) is 0 Å². The van der Waals surface area contributed by atoms with E-state index in [9.17, 15) is 9.18 Å². The molecule has 0 aliphatic rings. The lowest BCUT2D eigenvalue weighted by Crippen LogP contribution is -2.23. The Balaban J connectivity index is 2.53. The highest BCUT2D eigenvalue weighted by molar-refractivity contribution is 5.72. The number of benzene rings is 2. The fourth-order valence-electron chi connectivity index (χ4n) is 1.66. The van der Waals surface area contributed by atoms with Crippen LogP contribution in [-0.2, 0) is 10.5 Å². The predicted octanol–water partition coefficient (Wildman–Crippen LogP) is 3.10. The molecule has 0 aromatic heterocycles. The van der Waals surface area contributed by atoms with E-state index < -0.39 is 5.67 Å². The zero-order chi connectivity index (χ0) is 11.4. The maximum absolute atomic E-state index is 14.6. The van der Waals surface area contributed by atoms with Gasteiger partial charge in [0.25, 0.3) is 0 Å². The van der Waals surface area contributed by atoms with Gasteiger partial charge in [-0.15, -0.1) is 0 Å². The lowest BCUT2D eigenvalue weighted by molar-refractivity contribution is -0.116. The Kier molecular flexibility index (Phi) is 2.82. The first kappa shape index (κ1) is 10.6. The molecule has 0 aliphatic carbocycles. The van der Waals surface area contributed by atoms with E-state index >= 15 is 0 Å². The van der Waals surface area contributed by atoms with Crippen LogP contribution < -0.4 is 0 Å². The Morgan fingerprint density at radius 1 is 0.812 bits per heavy atom. The summed E-state index contributed by atoms with van der Waals surface area (Å²) in [6, 6.07) is 16.9. The largest absolute Gasteiger partial charge is 0.299 e. The summed E-state index contributed by atoms with van der Waals surface area (Å²) in [6.07, 6.45) is 0.345. The van der Waals surface area contributed by atoms with Crippen LogP contribution in [0.3, 0.4) is 0 Å². The number of halogens is 1. The number of hydrogen-bond donors (Lipinski definition) is 0. The Morgan fingerprint density at radius 3 is 1.50 bits per heavy atom. The van der Waals surface area contributed by atoms with Gasteiger partial charge in [0.05, 0.1) is 0 Å². The molecule has 2 rings (SSSR count). The molecule has 0 spiro atoms. The third-order valence-electron chi connectivity index (χ3n) is 2.55. The molecule has 0 radical (unpaired) electrons. The molecule has 0 atom stereocenters. The first-order chi connectivity index (χ1) is 7.77. The van der Waals surface area contributed by atoms with Crippen LogP contribution >= 0.6 is 0 Å². The normalized spacial score (nSPS) is 11.1. The van der Waals surface area contributed by atoms with Gasteiger partial charge in [0.1, 0.15) is 0 Å². The maximum atomic E-state index is 14.6. The lowest BCUT2D eigenvalue weighted by Gasteiger charge is -2.19. The minimum Gasteiger partial charge on any atom is -0.299 e. The highest BCUT2D eigenvalue weighted by atomic mass is 19.1. The zero-order valence-electron chi connectivity index (χ0n) is 8.64. The summed E-state index contributed by atoms with van der Waals surface area (Å²) in [5, 5.41) is 0. The Labute approximate surface area is 93.5 Å². The predicted molar refractivity (Wildman–Crippen MR) is 60.8 cm³/mol. The summed E-state index contributed by atoms with van der Waals surface area (Å²) < 4.78 is 14.6. The first-order valence-corrected chi connectivity index (χ1v) is 5.03. The van der Waals surface area contributed by atoms with Gasteiger partial charge < -0.3 is 0 Å². The van der Waals surface area contributed by atoms with Crippen LogP contribution in [0.1, 0.15) is 11.1 Å². The molecule has 1 nitrogen and oxygen atoms in total. The highest BCUT2D eigenvalue weighted by Gasteiger charge is 2.33. The van der Waals surface area contributed by atoms with Crippen LogP contribution in [0.15, 0.2) is 60.7 Å². The summed E-state index contributed by atoms with van der Waals surface area (Å²) in [5.74, 6) is 0. The number of hydrogen-bond acceptors (Lipinski definition) is 1. The summed E-state index contributed by atoms with van der Waals surface area (Å²) in [4.78, 5) is 11.1. The third-order valence-corrected chi connectivity index (χ3v) is 2.55. The van der Waals surface area contributed by atoms with Crippen molar-refractivity contribution in [3.8, 4) is 0 Å². The van der Waals surface area contributed by atoms with Crippen molar-refractivity contribution in [1.29, 1.82) is 0 Å². The van der Waals surface area contributed by atoms with Gasteiger partial charge in [-0.1, -0.05) is 60.7 Å². The summed E-state index contributed by atoms with van der Waals surface area (Å²) in [6.45, 7) is 0. The van der Waals surface area contributed by atoms with Crippen LogP contribution in [0.2, 0.25) is 0 Å². The topological polar surface area (TPSA) is 17.1 Å². The molecule has 0 amide bonds. The molecular formula is C14H11FO. The number of rotatable bonds is 3. The van der Waals surface area contributed by atoms with Crippen LogP contribution in [0, 0.1) is 0 Å². The molecule has 0 fully saturated rings. The molecule has 0 saturated heterocycles. The van der Waals surface area contributed by atoms with E-state index in [4.69, 9.17) is 0 Å². The molecule has 0 N–H and O–H groups in total. The van der Waals surface area contributed by atoms with Gasteiger partial charge in [-0.25, -0.2) is 4.39 Å². The SMILES string of the molecule is O=CC(F)(c1ccccc1)c1ccccc1. The average Bonchev–Trinajstić information content (AvgIpc) is 2.40. The second-order valence-corrected chi connectivity index (χ2v) is 3.56. The van der Waals surface area contributed by atoms with Crippen molar-refractivity contribution in [2.75, 3.05) is 0 Å². The Hall–Kier alpha value is -1.96. The van der Waals surface area contributed by atoms with Gasteiger partial charge >= 0.3 is 0 Å². The maximum Gasteiger partial charge on any atom is 0.215 e. The fourth-order valence-corrected chi connectivity index (χ4v) is 1.66. The van der Waals surface area contributed by atoms with Gasteiger partial charge in [-0.3, -0.25) is 4.79 Å². The minimum absolute atomic E-state index is 0.345. The number of aldehydes is 1. The van der Waals surface area contributed by atoms with Crippen molar-refractivity contribution >= 4 is 6.29 Å². The molecule has 2 heteroatoms. The molecule has 2 aromatic carbocycles. The van der Waals surface area contributed by atoms with E-state index in [-0.39, 0.29) is 0 Å². The summed E-state index contributed by atoms with van der Waals surface area (Å²) >= 11 is 0. The van der Waals surface area contributed by atoms with Gasteiger partial charge in [0.2, 0.25) is 5.67 Å². The summed E-state index contributed by atoms with van der Waals surface area (Å²) in [7, 11) is 0. The fraction of sp³-hybridized carbons (Fsp3) is 0.0714. The molecule has 0 aliphatic heterocycles. The molecular weight excluding hydrogens is 203 g/mol. The van der Waals surface area contributed by atoms with Crippen LogP contribution in [0.5, 0.6) is 0 Å². The van der Waals surface area contributed by atoms with Crippen molar-refractivity contribution in [2.45, 2.75) is 5.67 Å². The first-order valence-electron chi connectivity index (χ1n) is 5.03. The van der Waals surface area contributed by atoms with Gasteiger partial charge in [0.15, 0.2) is 6.29 Å². The van der Waals surface area contributed by atoms with Gasteiger partial charge in [0, 0.05) is 11.1 Å². The molecule has 16 heavy (non-hydrogen) atoms. The standard InChI is InChI=1S/C14H11FO/c15-14(11-16,12-7-3-1-4-8-12)13-9-5-2-6-10-13/h1-11H. The van der Waals surface area contributed by atoms with Gasteiger partial charge in [-0.2, -0.15) is 0 Å². The molecule has 0 heterocycles. The molecule has 0 saturated carbocycles. The van der Waals surface area contributed by atoms with E-state index in [1.165, 1.54) is 0 Å². The molecule has 0 bridgehead atoms. The number of carbonyl (C=O) groups is 1. The Morgan fingerprint density at radius 2 is 1.19 bits per heavy atom. The monoisotopic (exact) mass is 214 g/mol. The minimum atomic E-state index is -2.05. The Bertz CT molecular complexity index is 425. The highest BCUT2D eigenvalue weighted by Crippen LogP contribution is 2.31. The third kappa shape index (κ3) is 1.74. The van der Waals surface area contributed by atoms with Crippen molar-refractivity contribution in [3.05, 3.63) is 71.8 Å². The molecule has 0 unspecified atom stereocenters. The van der Waals surface area contributed by atoms with E-state index in [1.54, 1.807) is 60.7 Å². The van der Waals surface area contributed by atoms with Crippen molar-refractivity contribution < 1.29 is 9.18 Å². The average molecular weight is 214 g/mol. The number of carbonyl (C=O) groups excluding carboxylic acids is 1.